The molecule has 0 saturated carbocycles. The quantitative estimate of drug-likeness (QED) is 0.584. The van der Waals surface area contributed by atoms with Gasteiger partial charge in [-0.1, -0.05) is 30.0 Å². The molecular weight excluding hydrogens is 426 g/mol. The van der Waals surface area contributed by atoms with E-state index < -0.39 is 5.92 Å². The maximum Gasteiger partial charge on any atom is 0.234 e. The lowest BCUT2D eigenvalue weighted by atomic mass is 9.87. The number of carbonyl (C=O) groups excluding carboxylic acids is 2. The Morgan fingerprint density at radius 1 is 1.34 bits per heavy atom. The number of phenols is 1. The zero-order chi connectivity index (χ0) is 23.3. The smallest absolute Gasteiger partial charge is 0.234 e. The number of phenolic OH excluding ortho intramolecular Hbond substituents is 1. The molecule has 3 rings (SSSR count). The summed E-state index contributed by atoms with van der Waals surface area (Å²) in [4.78, 5) is 24.9. The lowest BCUT2D eigenvalue weighted by Gasteiger charge is -2.25. The van der Waals surface area contributed by atoms with E-state index in [4.69, 9.17) is 4.74 Å². The van der Waals surface area contributed by atoms with Gasteiger partial charge in [-0.25, -0.2) is 0 Å². The Morgan fingerprint density at radius 3 is 2.84 bits per heavy atom. The molecule has 2 aromatic carbocycles. The average Bonchev–Trinajstić information content (AvgIpc) is 2.76. The highest BCUT2D eigenvalue weighted by molar-refractivity contribution is 8.03. The van der Waals surface area contributed by atoms with Gasteiger partial charge < -0.3 is 20.5 Å². The summed E-state index contributed by atoms with van der Waals surface area (Å²) in [5.74, 6) is -0.615. The lowest BCUT2D eigenvalue weighted by Crippen LogP contribution is -2.31. The van der Waals surface area contributed by atoms with Crippen molar-refractivity contribution >= 4 is 29.3 Å². The van der Waals surface area contributed by atoms with E-state index in [9.17, 15) is 20.0 Å². The minimum atomic E-state index is -0.488. The minimum Gasteiger partial charge on any atom is -0.504 e. The molecule has 0 spiro atoms. The number of nitrogens with zero attached hydrogens (tertiary/aromatic N) is 1. The summed E-state index contributed by atoms with van der Waals surface area (Å²) >= 11 is 1.12. The molecule has 0 aromatic heterocycles. The van der Waals surface area contributed by atoms with Gasteiger partial charge in [0.25, 0.3) is 0 Å². The fourth-order valence-corrected chi connectivity index (χ4v) is 4.32. The number of rotatable bonds is 7. The molecule has 1 unspecified atom stereocenters. The molecule has 0 saturated heterocycles. The van der Waals surface area contributed by atoms with Crippen molar-refractivity contribution < 1.29 is 19.4 Å². The Labute approximate surface area is 191 Å². The van der Waals surface area contributed by atoms with Crippen molar-refractivity contribution in [3.05, 3.63) is 63.7 Å². The first-order valence-corrected chi connectivity index (χ1v) is 11.2. The van der Waals surface area contributed by atoms with Crippen LogP contribution in [0.2, 0.25) is 0 Å². The number of nitriles is 1. The van der Waals surface area contributed by atoms with Gasteiger partial charge >= 0.3 is 0 Å². The molecule has 1 aliphatic heterocycles. The number of nitrogens with one attached hydrogen (secondary N) is 2. The molecule has 166 valence electrons. The molecule has 0 radical (unpaired) electrons. The number of aromatic hydroxyl groups is 1. The third kappa shape index (κ3) is 5.24. The van der Waals surface area contributed by atoms with Crippen molar-refractivity contribution in [2.45, 2.75) is 33.1 Å². The van der Waals surface area contributed by atoms with E-state index in [1.165, 1.54) is 6.07 Å². The Bertz CT molecular complexity index is 1120. The lowest BCUT2D eigenvalue weighted by molar-refractivity contribution is -0.121. The van der Waals surface area contributed by atoms with Gasteiger partial charge in [0.15, 0.2) is 11.5 Å². The number of benzene rings is 2. The summed E-state index contributed by atoms with van der Waals surface area (Å²) < 4.78 is 5.44. The second kappa shape index (κ2) is 10.2. The highest BCUT2D eigenvalue weighted by Crippen LogP contribution is 2.39. The van der Waals surface area contributed by atoms with E-state index in [0.29, 0.717) is 28.5 Å². The van der Waals surface area contributed by atoms with Gasteiger partial charge in [-0.2, -0.15) is 5.26 Å². The molecular formula is C24H25N3O4S. The first kappa shape index (κ1) is 23.2. The molecule has 1 aliphatic rings. The van der Waals surface area contributed by atoms with Gasteiger partial charge in [0, 0.05) is 18.0 Å². The van der Waals surface area contributed by atoms with E-state index in [2.05, 4.69) is 16.7 Å². The number of hydrogen-bond donors (Lipinski definition) is 3. The van der Waals surface area contributed by atoms with Crippen LogP contribution in [0, 0.1) is 25.2 Å². The maximum absolute atomic E-state index is 12.5. The van der Waals surface area contributed by atoms with Crippen LogP contribution in [0.15, 0.2) is 47.0 Å². The van der Waals surface area contributed by atoms with Crippen LogP contribution in [-0.2, 0) is 9.59 Å². The molecule has 32 heavy (non-hydrogen) atoms. The van der Waals surface area contributed by atoms with Crippen LogP contribution < -0.4 is 15.4 Å². The number of ether oxygens (including phenoxy) is 1. The molecule has 3 N–H and O–H groups in total. The summed E-state index contributed by atoms with van der Waals surface area (Å²) in [5.41, 5.74) is 3.87. The SMILES string of the molecule is CCOc1cc(C2CC(=O)NC(SCC(=O)Nc3cccc(C)c3C)=C2C#N)ccc1O. The van der Waals surface area contributed by atoms with Crippen LogP contribution in [0.4, 0.5) is 5.69 Å². The van der Waals surface area contributed by atoms with Gasteiger partial charge in [0.1, 0.15) is 0 Å². The van der Waals surface area contributed by atoms with E-state index in [-0.39, 0.29) is 29.7 Å². The molecule has 2 aromatic rings. The predicted molar refractivity (Wildman–Crippen MR) is 124 cm³/mol. The van der Waals surface area contributed by atoms with Gasteiger partial charge in [0.05, 0.1) is 29.0 Å². The average molecular weight is 452 g/mol. The van der Waals surface area contributed by atoms with E-state index in [0.717, 1.165) is 28.6 Å². The van der Waals surface area contributed by atoms with Crippen molar-refractivity contribution in [3.63, 3.8) is 0 Å². The van der Waals surface area contributed by atoms with Crippen LogP contribution in [0.25, 0.3) is 0 Å². The molecule has 1 atom stereocenters. The highest BCUT2D eigenvalue weighted by Gasteiger charge is 2.30. The number of carbonyl (C=O) groups is 2. The monoisotopic (exact) mass is 451 g/mol. The normalized spacial score (nSPS) is 15.7. The number of amides is 2. The maximum atomic E-state index is 12.5. The summed E-state index contributed by atoms with van der Waals surface area (Å²) in [6.07, 6.45) is 0.0952. The van der Waals surface area contributed by atoms with Gasteiger partial charge in [-0.05, 0) is 55.7 Å². The number of thioether (sulfide) groups is 1. The summed E-state index contributed by atoms with van der Waals surface area (Å²) in [6, 6.07) is 12.7. The van der Waals surface area contributed by atoms with Crippen LogP contribution in [-0.4, -0.2) is 29.3 Å². The fraction of sp³-hybridized carbons (Fsp3) is 0.292. The van der Waals surface area contributed by atoms with Gasteiger partial charge in [-0.3, -0.25) is 9.59 Å². The Balaban J connectivity index is 1.80. The predicted octanol–water partition coefficient (Wildman–Crippen LogP) is 4.12. The topological polar surface area (TPSA) is 111 Å². The Kier molecular flexibility index (Phi) is 7.44. The van der Waals surface area contributed by atoms with Gasteiger partial charge in [0.2, 0.25) is 11.8 Å². The molecule has 1 heterocycles. The molecule has 7 nitrogen and oxygen atoms in total. The summed E-state index contributed by atoms with van der Waals surface area (Å²) in [7, 11) is 0. The van der Waals surface area contributed by atoms with Crippen LogP contribution >= 0.6 is 11.8 Å². The van der Waals surface area contributed by atoms with Crippen molar-refractivity contribution in [3.8, 4) is 17.6 Å². The van der Waals surface area contributed by atoms with Crippen LogP contribution in [0.5, 0.6) is 11.5 Å². The zero-order valence-corrected chi connectivity index (χ0v) is 19.0. The van der Waals surface area contributed by atoms with E-state index in [1.807, 2.05) is 32.0 Å². The van der Waals surface area contributed by atoms with Crippen molar-refractivity contribution in [1.82, 2.24) is 5.32 Å². The van der Waals surface area contributed by atoms with Crippen molar-refractivity contribution in [2.24, 2.45) is 0 Å². The second-order valence-corrected chi connectivity index (χ2v) is 8.39. The molecule has 0 bridgehead atoms. The largest absolute Gasteiger partial charge is 0.504 e. The third-order valence-electron chi connectivity index (χ3n) is 5.27. The highest BCUT2D eigenvalue weighted by atomic mass is 32.2. The second-order valence-electron chi connectivity index (χ2n) is 7.40. The first-order chi connectivity index (χ1) is 15.3. The number of hydrogen-bond acceptors (Lipinski definition) is 6. The fourth-order valence-electron chi connectivity index (χ4n) is 3.45. The standard InChI is InChI=1S/C24H25N3O4S/c1-4-31-21-10-16(8-9-20(21)28)17-11-22(29)27-24(18(17)12-25)32-13-23(30)26-19-7-5-6-14(2)15(19)3/h5-10,17,28H,4,11,13H2,1-3H3,(H,26,30)(H,27,29). The van der Waals surface area contributed by atoms with Crippen LogP contribution in [0.1, 0.15) is 36.0 Å². The summed E-state index contributed by atoms with van der Waals surface area (Å²) in [5, 5.41) is 25.8. The molecule has 0 aliphatic carbocycles. The van der Waals surface area contributed by atoms with Gasteiger partial charge in [-0.15, -0.1) is 0 Å². The number of aryl methyl sites for hydroxylation is 1. The number of allylic oxidation sites excluding steroid dienone is 1. The van der Waals surface area contributed by atoms with Crippen molar-refractivity contribution in [2.75, 3.05) is 17.7 Å². The molecule has 0 fully saturated rings. The Morgan fingerprint density at radius 2 is 2.12 bits per heavy atom. The Hall–Kier alpha value is -3.44. The minimum absolute atomic E-state index is 0.00365. The zero-order valence-electron chi connectivity index (χ0n) is 18.2. The third-order valence-corrected chi connectivity index (χ3v) is 6.29. The van der Waals surface area contributed by atoms with Crippen molar-refractivity contribution in [1.29, 1.82) is 5.26 Å². The molecule has 8 heteroatoms. The van der Waals surface area contributed by atoms with E-state index >= 15 is 0 Å². The molecule has 2 amide bonds. The summed E-state index contributed by atoms with van der Waals surface area (Å²) in [6.45, 7) is 6.09. The first-order valence-electron chi connectivity index (χ1n) is 10.2. The van der Waals surface area contributed by atoms with Crippen LogP contribution in [0.3, 0.4) is 0 Å². The number of anilines is 1. The van der Waals surface area contributed by atoms with E-state index in [1.54, 1.807) is 19.1 Å².